The van der Waals surface area contributed by atoms with E-state index in [1.807, 2.05) is 19.9 Å². The molecule has 1 rings (SSSR count). The van der Waals surface area contributed by atoms with Gasteiger partial charge in [-0.15, -0.1) is 0 Å². The van der Waals surface area contributed by atoms with E-state index >= 15 is 0 Å². The molecule has 0 saturated heterocycles. The Hall–Kier alpha value is -1.57. The Labute approximate surface area is 83.9 Å². The average Bonchev–Trinajstić information content (AvgIpc) is 2.16. The van der Waals surface area contributed by atoms with Gasteiger partial charge < -0.3 is 5.11 Å². The number of aldehydes is 1. The first-order valence-corrected chi connectivity index (χ1v) is 4.59. The molecule has 0 aliphatic carbocycles. The van der Waals surface area contributed by atoms with Crippen LogP contribution >= 0.6 is 0 Å². The molecule has 1 aromatic rings. The van der Waals surface area contributed by atoms with Crippen LogP contribution in [0.15, 0.2) is 29.8 Å². The maximum absolute atomic E-state index is 10.7. The van der Waals surface area contributed by atoms with E-state index in [0.29, 0.717) is 0 Å². The van der Waals surface area contributed by atoms with Gasteiger partial charge in [0.2, 0.25) is 0 Å². The first kappa shape index (κ1) is 10.5. The zero-order valence-electron chi connectivity index (χ0n) is 8.40. The predicted molar refractivity (Wildman–Crippen MR) is 57.0 cm³/mol. The summed E-state index contributed by atoms with van der Waals surface area (Å²) in [5.74, 6) is 0.459. The van der Waals surface area contributed by atoms with Crippen molar-refractivity contribution in [3.8, 4) is 5.75 Å². The molecule has 2 nitrogen and oxygen atoms in total. The quantitative estimate of drug-likeness (QED) is 0.587. The molecular weight excluding hydrogens is 176 g/mol. The summed E-state index contributed by atoms with van der Waals surface area (Å²) in [4.78, 5) is 10.7. The van der Waals surface area contributed by atoms with Crippen molar-refractivity contribution >= 4 is 12.4 Å². The zero-order valence-corrected chi connectivity index (χ0v) is 8.40. The SMILES string of the molecule is CC(C)/C(C=O)=C\c1ccc(O)cc1. The van der Waals surface area contributed by atoms with Gasteiger partial charge in [-0.05, 0) is 35.3 Å². The molecule has 74 valence electrons. The van der Waals surface area contributed by atoms with E-state index in [1.165, 1.54) is 0 Å². The van der Waals surface area contributed by atoms with Crippen LogP contribution < -0.4 is 0 Å². The molecule has 0 heterocycles. The maximum Gasteiger partial charge on any atom is 0.146 e. The monoisotopic (exact) mass is 190 g/mol. The summed E-state index contributed by atoms with van der Waals surface area (Å²) < 4.78 is 0. The molecule has 0 aromatic heterocycles. The summed E-state index contributed by atoms with van der Waals surface area (Å²) >= 11 is 0. The van der Waals surface area contributed by atoms with Crippen molar-refractivity contribution < 1.29 is 9.90 Å². The molecule has 1 N–H and O–H groups in total. The fourth-order valence-electron chi connectivity index (χ4n) is 1.10. The van der Waals surface area contributed by atoms with Crippen molar-refractivity contribution in [2.24, 2.45) is 5.92 Å². The largest absolute Gasteiger partial charge is 0.508 e. The summed E-state index contributed by atoms with van der Waals surface area (Å²) in [5, 5.41) is 9.07. The Balaban J connectivity index is 2.95. The predicted octanol–water partition coefficient (Wildman–Crippen LogP) is 2.63. The van der Waals surface area contributed by atoms with Crippen LogP contribution in [-0.4, -0.2) is 11.4 Å². The van der Waals surface area contributed by atoms with Gasteiger partial charge in [-0.1, -0.05) is 26.0 Å². The van der Waals surface area contributed by atoms with Crippen LogP contribution in [0.1, 0.15) is 19.4 Å². The van der Waals surface area contributed by atoms with E-state index in [9.17, 15) is 4.79 Å². The lowest BCUT2D eigenvalue weighted by molar-refractivity contribution is -0.105. The van der Waals surface area contributed by atoms with E-state index in [2.05, 4.69) is 0 Å². The molecule has 2 heteroatoms. The first-order valence-electron chi connectivity index (χ1n) is 4.59. The third kappa shape index (κ3) is 2.73. The van der Waals surface area contributed by atoms with E-state index in [0.717, 1.165) is 17.4 Å². The molecule has 0 unspecified atom stereocenters. The molecule has 0 amide bonds. The van der Waals surface area contributed by atoms with Crippen LogP contribution in [0, 0.1) is 5.92 Å². The molecular formula is C12H14O2. The lowest BCUT2D eigenvalue weighted by atomic mass is 10.0. The molecule has 0 bridgehead atoms. The highest BCUT2D eigenvalue weighted by Crippen LogP contribution is 2.15. The van der Waals surface area contributed by atoms with Gasteiger partial charge in [-0.25, -0.2) is 0 Å². The van der Waals surface area contributed by atoms with Crippen molar-refractivity contribution in [3.05, 3.63) is 35.4 Å². The fourth-order valence-corrected chi connectivity index (χ4v) is 1.10. The lowest BCUT2D eigenvalue weighted by Gasteiger charge is -2.03. The van der Waals surface area contributed by atoms with Gasteiger partial charge in [0.1, 0.15) is 12.0 Å². The Morgan fingerprint density at radius 1 is 1.29 bits per heavy atom. The highest BCUT2D eigenvalue weighted by molar-refractivity contribution is 5.82. The smallest absolute Gasteiger partial charge is 0.146 e. The van der Waals surface area contributed by atoms with Crippen molar-refractivity contribution in [1.82, 2.24) is 0 Å². The van der Waals surface area contributed by atoms with E-state index in [1.54, 1.807) is 24.3 Å². The van der Waals surface area contributed by atoms with E-state index < -0.39 is 0 Å². The van der Waals surface area contributed by atoms with Crippen molar-refractivity contribution in [2.75, 3.05) is 0 Å². The second-order valence-corrected chi connectivity index (χ2v) is 3.51. The molecule has 0 aliphatic heterocycles. The number of aromatic hydroxyl groups is 1. The second-order valence-electron chi connectivity index (χ2n) is 3.51. The number of allylic oxidation sites excluding steroid dienone is 1. The highest BCUT2D eigenvalue weighted by Gasteiger charge is 2.01. The van der Waals surface area contributed by atoms with Gasteiger partial charge in [0.05, 0.1) is 0 Å². The normalized spacial score (nSPS) is 11.8. The fraction of sp³-hybridized carbons (Fsp3) is 0.250. The van der Waals surface area contributed by atoms with Crippen molar-refractivity contribution in [1.29, 1.82) is 0 Å². The van der Waals surface area contributed by atoms with Gasteiger partial charge in [-0.2, -0.15) is 0 Å². The number of phenols is 1. The summed E-state index contributed by atoms with van der Waals surface area (Å²) in [6.07, 6.45) is 2.70. The van der Waals surface area contributed by atoms with Gasteiger partial charge in [0.15, 0.2) is 0 Å². The summed E-state index contributed by atoms with van der Waals surface area (Å²) in [6.45, 7) is 3.95. The van der Waals surface area contributed by atoms with Crippen LogP contribution in [0.4, 0.5) is 0 Å². The minimum atomic E-state index is 0.223. The summed E-state index contributed by atoms with van der Waals surface area (Å²) in [6, 6.07) is 6.77. The standard InChI is InChI=1S/C12H14O2/c1-9(2)11(8-13)7-10-3-5-12(14)6-4-10/h3-9,14H,1-2H3/b11-7-. The van der Waals surface area contributed by atoms with E-state index in [4.69, 9.17) is 5.11 Å². The van der Waals surface area contributed by atoms with Crippen molar-refractivity contribution in [2.45, 2.75) is 13.8 Å². The average molecular weight is 190 g/mol. The number of rotatable bonds is 3. The number of hydrogen-bond acceptors (Lipinski definition) is 2. The number of carbonyl (C=O) groups is 1. The molecule has 0 aliphatic rings. The topological polar surface area (TPSA) is 37.3 Å². The minimum Gasteiger partial charge on any atom is -0.508 e. The van der Waals surface area contributed by atoms with Gasteiger partial charge in [-0.3, -0.25) is 4.79 Å². The molecule has 0 fully saturated rings. The Morgan fingerprint density at radius 2 is 1.86 bits per heavy atom. The number of phenolic OH excluding ortho intramolecular Hbond substituents is 1. The third-order valence-electron chi connectivity index (χ3n) is 2.03. The third-order valence-corrected chi connectivity index (χ3v) is 2.03. The number of hydrogen-bond donors (Lipinski definition) is 1. The Morgan fingerprint density at radius 3 is 2.29 bits per heavy atom. The molecule has 0 spiro atoms. The molecule has 0 saturated carbocycles. The highest BCUT2D eigenvalue weighted by atomic mass is 16.3. The lowest BCUT2D eigenvalue weighted by Crippen LogP contribution is -1.94. The maximum atomic E-state index is 10.7. The number of carbonyl (C=O) groups excluding carboxylic acids is 1. The van der Waals surface area contributed by atoms with Gasteiger partial charge in [0, 0.05) is 0 Å². The zero-order chi connectivity index (χ0) is 10.6. The molecule has 0 radical (unpaired) electrons. The molecule has 0 atom stereocenters. The van der Waals surface area contributed by atoms with Crippen LogP contribution in [0.2, 0.25) is 0 Å². The molecule has 14 heavy (non-hydrogen) atoms. The van der Waals surface area contributed by atoms with Crippen LogP contribution in [0.3, 0.4) is 0 Å². The van der Waals surface area contributed by atoms with Crippen LogP contribution in [0.5, 0.6) is 5.75 Å². The van der Waals surface area contributed by atoms with Gasteiger partial charge in [0.25, 0.3) is 0 Å². The Kier molecular flexibility index (Phi) is 3.46. The summed E-state index contributed by atoms with van der Waals surface area (Å²) in [7, 11) is 0. The van der Waals surface area contributed by atoms with Crippen molar-refractivity contribution in [3.63, 3.8) is 0 Å². The van der Waals surface area contributed by atoms with Gasteiger partial charge >= 0.3 is 0 Å². The minimum absolute atomic E-state index is 0.223. The van der Waals surface area contributed by atoms with E-state index in [-0.39, 0.29) is 11.7 Å². The van der Waals surface area contributed by atoms with Crippen LogP contribution in [-0.2, 0) is 4.79 Å². The second kappa shape index (κ2) is 4.61. The first-order chi connectivity index (χ1) is 6.63. The molecule has 1 aromatic carbocycles. The van der Waals surface area contributed by atoms with Crippen LogP contribution in [0.25, 0.3) is 6.08 Å². The number of benzene rings is 1. The Bertz CT molecular complexity index is 334. The summed E-state index contributed by atoms with van der Waals surface area (Å²) in [5.41, 5.74) is 1.69.